The summed E-state index contributed by atoms with van der Waals surface area (Å²) < 4.78 is 17.4. The molecule has 0 unspecified atom stereocenters. The van der Waals surface area contributed by atoms with Crippen molar-refractivity contribution in [3.05, 3.63) is 41.5 Å². The standard InChI is InChI=1S/C19H25FN4O2S/c1-19(2,13-3-5-14(20)6-4-13)12-21-18-22-16(23-27-18)7-8-17(26)24-10-9-15(25)11-24/h3-6,15,25H,7-12H2,1-2H3,(H,21,22,23)/t15-/m0/s1. The molecule has 0 spiro atoms. The second-order valence-corrected chi connectivity index (χ2v) is 8.29. The van der Waals surface area contributed by atoms with Gasteiger partial charge in [0.1, 0.15) is 11.6 Å². The number of hydrogen-bond donors (Lipinski definition) is 2. The lowest BCUT2D eigenvalue weighted by Gasteiger charge is -2.25. The number of rotatable bonds is 7. The first-order valence-electron chi connectivity index (χ1n) is 9.12. The number of nitrogens with one attached hydrogen (secondary N) is 1. The number of nitrogens with zero attached hydrogens (tertiary/aromatic N) is 3. The van der Waals surface area contributed by atoms with Gasteiger partial charge in [-0.3, -0.25) is 4.79 Å². The maximum Gasteiger partial charge on any atom is 0.223 e. The average Bonchev–Trinajstić information content (AvgIpc) is 3.27. The third-order valence-corrected chi connectivity index (χ3v) is 5.56. The van der Waals surface area contributed by atoms with Gasteiger partial charge in [-0.2, -0.15) is 4.37 Å². The minimum atomic E-state index is -0.397. The van der Waals surface area contributed by atoms with Crippen molar-refractivity contribution in [1.29, 1.82) is 0 Å². The minimum absolute atomic E-state index is 0.0355. The summed E-state index contributed by atoms with van der Waals surface area (Å²) in [5.41, 5.74) is 0.853. The van der Waals surface area contributed by atoms with Crippen LogP contribution in [0.3, 0.4) is 0 Å². The van der Waals surface area contributed by atoms with Crippen LogP contribution >= 0.6 is 11.5 Å². The summed E-state index contributed by atoms with van der Waals surface area (Å²) in [6.07, 6.45) is 1.10. The smallest absolute Gasteiger partial charge is 0.223 e. The van der Waals surface area contributed by atoms with E-state index in [9.17, 15) is 14.3 Å². The van der Waals surface area contributed by atoms with Crippen molar-refractivity contribution in [2.75, 3.05) is 25.0 Å². The van der Waals surface area contributed by atoms with Crippen molar-refractivity contribution in [3.8, 4) is 0 Å². The summed E-state index contributed by atoms with van der Waals surface area (Å²) in [6.45, 7) is 5.85. The molecule has 0 saturated carbocycles. The Kier molecular flexibility index (Phi) is 6.06. The molecular formula is C19H25FN4O2S. The van der Waals surface area contributed by atoms with Gasteiger partial charge in [-0.15, -0.1) is 0 Å². The van der Waals surface area contributed by atoms with Crippen molar-refractivity contribution < 1.29 is 14.3 Å². The van der Waals surface area contributed by atoms with Crippen molar-refractivity contribution in [2.45, 2.75) is 44.6 Å². The van der Waals surface area contributed by atoms with Crippen LogP contribution in [0.25, 0.3) is 0 Å². The van der Waals surface area contributed by atoms with E-state index in [-0.39, 0.29) is 17.1 Å². The first kappa shape index (κ1) is 19.7. The highest BCUT2D eigenvalue weighted by molar-refractivity contribution is 7.09. The van der Waals surface area contributed by atoms with E-state index in [1.54, 1.807) is 17.0 Å². The second-order valence-electron chi connectivity index (χ2n) is 7.54. The molecule has 146 valence electrons. The Labute approximate surface area is 162 Å². The molecular weight excluding hydrogens is 367 g/mol. The number of β-amino-alcohol motifs (C(OH)–C–C–N with tert-alkyl or cyclic N) is 1. The number of aliphatic hydroxyl groups excluding tert-OH is 1. The number of benzene rings is 1. The molecule has 0 radical (unpaired) electrons. The molecule has 27 heavy (non-hydrogen) atoms. The molecule has 2 aromatic rings. The van der Waals surface area contributed by atoms with E-state index in [0.717, 1.165) is 5.56 Å². The van der Waals surface area contributed by atoms with Crippen LogP contribution in [0, 0.1) is 5.82 Å². The van der Waals surface area contributed by atoms with E-state index in [1.807, 2.05) is 0 Å². The third-order valence-electron chi connectivity index (χ3n) is 4.85. The highest BCUT2D eigenvalue weighted by Gasteiger charge is 2.24. The summed E-state index contributed by atoms with van der Waals surface area (Å²) >= 11 is 1.28. The fourth-order valence-electron chi connectivity index (χ4n) is 3.07. The van der Waals surface area contributed by atoms with Gasteiger partial charge in [-0.25, -0.2) is 9.37 Å². The molecule has 8 heteroatoms. The topological polar surface area (TPSA) is 78.4 Å². The Morgan fingerprint density at radius 1 is 1.41 bits per heavy atom. The second kappa shape index (κ2) is 8.31. The number of aromatic nitrogens is 2. The van der Waals surface area contributed by atoms with Gasteiger partial charge in [0.05, 0.1) is 6.10 Å². The molecule has 0 aliphatic carbocycles. The number of halogens is 1. The molecule has 0 bridgehead atoms. The Hall–Kier alpha value is -2.06. The summed E-state index contributed by atoms with van der Waals surface area (Å²) in [7, 11) is 0. The molecule has 1 saturated heterocycles. The maximum absolute atomic E-state index is 13.1. The van der Waals surface area contributed by atoms with Crippen molar-refractivity contribution in [1.82, 2.24) is 14.3 Å². The molecule has 2 heterocycles. The van der Waals surface area contributed by atoms with Crippen molar-refractivity contribution >= 4 is 22.6 Å². The van der Waals surface area contributed by atoms with E-state index in [2.05, 4.69) is 28.5 Å². The highest BCUT2D eigenvalue weighted by Crippen LogP contribution is 2.24. The van der Waals surface area contributed by atoms with Crippen molar-refractivity contribution in [2.24, 2.45) is 0 Å². The summed E-state index contributed by atoms with van der Waals surface area (Å²) in [6, 6.07) is 6.53. The van der Waals surface area contributed by atoms with Crippen LogP contribution in [0.1, 0.15) is 38.1 Å². The van der Waals surface area contributed by atoms with Gasteiger partial charge in [-0.05, 0) is 24.1 Å². The number of aryl methyl sites for hydroxylation is 1. The average molecular weight is 392 g/mol. The number of carbonyl (C=O) groups is 1. The van der Waals surface area contributed by atoms with Crippen LogP contribution in [-0.2, 0) is 16.6 Å². The van der Waals surface area contributed by atoms with Gasteiger partial charge in [0.15, 0.2) is 0 Å². The largest absolute Gasteiger partial charge is 0.391 e. The van der Waals surface area contributed by atoms with Gasteiger partial charge in [0.25, 0.3) is 0 Å². The first-order chi connectivity index (χ1) is 12.8. The molecule has 1 amide bonds. The van der Waals surface area contributed by atoms with Gasteiger partial charge < -0.3 is 15.3 Å². The summed E-state index contributed by atoms with van der Waals surface area (Å²) in [5, 5.41) is 13.5. The van der Waals surface area contributed by atoms with E-state index >= 15 is 0 Å². The van der Waals surface area contributed by atoms with E-state index in [4.69, 9.17) is 0 Å². The fourth-order valence-corrected chi connectivity index (χ4v) is 3.68. The lowest BCUT2D eigenvalue weighted by Crippen LogP contribution is -2.29. The summed E-state index contributed by atoms with van der Waals surface area (Å²) in [4.78, 5) is 18.3. The number of anilines is 1. The van der Waals surface area contributed by atoms with Gasteiger partial charge in [-0.1, -0.05) is 26.0 Å². The van der Waals surface area contributed by atoms with Crippen molar-refractivity contribution in [3.63, 3.8) is 0 Å². The summed E-state index contributed by atoms with van der Waals surface area (Å²) in [5.74, 6) is 0.442. The predicted octanol–water partition coefficient (Wildman–Crippen LogP) is 2.59. The monoisotopic (exact) mass is 392 g/mol. The molecule has 1 fully saturated rings. The molecule has 1 aromatic carbocycles. The minimum Gasteiger partial charge on any atom is -0.391 e. The number of likely N-dealkylation sites (tertiary alicyclic amines) is 1. The molecule has 1 aromatic heterocycles. The molecule has 1 atom stereocenters. The van der Waals surface area contributed by atoms with Crippen LogP contribution < -0.4 is 5.32 Å². The maximum atomic E-state index is 13.1. The predicted molar refractivity (Wildman–Crippen MR) is 103 cm³/mol. The van der Waals surface area contributed by atoms with Gasteiger partial charge in [0.2, 0.25) is 11.0 Å². The van der Waals surface area contributed by atoms with Crippen LogP contribution in [0.5, 0.6) is 0 Å². The third kappa shape index (κ3) is 5.23. The van der Waals surface area contributed by atoms with Gasteiger partial charge in [0, 0.05) is 49.4 Å². The number of amides is 1. The Morgan fingerprint density at radius 3 is 2.81 bits per heavy atom. The van der Waals surface area contributed by atoms with Crippen LogP contribution in [0.4, 0.5) is 9.52 Å². The fraction of sp³-hybridized carbons (Fsp3) is 0.526. The lowest BCUT2D eigenvalue weighted by atomic mass is 9.85. The van der Waals surface area contributed by atoms with Gasteiger partial charge >= 0.3 is 0 Å². The molecule has 3 rings (SSSR count). The SMILES string of the molecule is CC(C)(CNc1nc(CCC(=O)N2CC[C@H](O)C2)ns1)c1ccc(F)cc1. The normalized spacial score (nSPS) is 17.3. The zero-order valence-electron chi connectivity index (χ0n) is 15.6. The van der Waals surface area contributed by atoms with Crippen LogP contribution in [-0.4, -0.2) is 51.0 Å². The highest BCUT2D eigenvalue weighted by atomic mass is 32.1. The number of carbonyl (C=O) groups excluding carboxylic acids is 1. The van der Waals surface area contributed by atoms with Crippen LogP contribution in [0.15, 0.2) is 24.3 Å². The molecule has 2 N–H and O–H groups in total. The number of hydrogen-bond acceptors (Lipinski definition) is 6. The van der Waals surface area contributed by atoms with Crippen LogP contribution in [0.2, 0.25) is 0 Å². The lowest BCUT2D eigenvalue weighted by molar-refractivity contribution is -0.130. The van der Waals surface area contributed by atoms with E-state index in [0.29, 0.717) is 49.9 Å². The van der Waals surface area contributed by atoms with E-state index in [1.165, 1.54) is 23.7 Å². The zero-order chi connectivity index (χ0) is 19.4. The molecule has 1 aliphatic heterocycles. The quantitative estimate of drug-likeness (QED) is 0.757. The Balaban J connectivity index is 1.49. The zero-order valence-corrected chi connectivity index (χ0v) is 16.4. The molecule has 1 aliphatic rings. The Bertz CT molecular complexity index is 778. The first-order valence-corrected chi connectivity index (χ1v) is 9.89. The van der Waals surface area contributed by atoms with E-state index < -0.39 is 6.10 Å². The number of aliphatic hydroxyl groups is 1. The molecule has 6 nitrogen and oxygen atoms in total. The Morgan fingerprint density at radius 2 is 2.15 bits per heavy atom.